The summed E-state index contributed by atoms with van der Waals surface area (Å²) in [4.78, 5) is 24.3. The molecule has 1 aliphatic rings. The van der Waals surface area contributed by atoms with Crippen LogP contribution in [0.4, 0.5) is 0 Å². The Morgan fingerprint density at radius 1 is 1.35 bits per heavy atom. The summed E-state index contributed by atoms with van der Waals surface area (Å²) in [5.41, 5.74) is 1.48. The molecule has 0 aromatic carbocycles. The standard InChI is InChI=1S/C15H24N4O/c1-18(2)15(20)14-10-13(16-11-17-14)9-12-5-4-7-19(3)8-6-12/h10-12H,4-9H2,1-3H3. The predicted octanol–water partition coefficient (Wildman–Crippen LogP) is 1.45. The molecular formula is C15H24N4O. The Labute approximate surface area is 121 Å². The van der Waals surface area contributed by atoms with Crippen molar-refractivity contribution in [3.63, 3.8) is 0 Å². The van der Waals surface area contributed by atoms with Gasteiger partial charge in [-0.2, -0.15) is 0 Å². The first-order chi connectivity index (χ1) is 9.56. The van der Waals surface area contributed by atoms with E-state index in [0.717, 1.165) is 18.7 Å². The van der Waals surface area contributed by atoms with Crippen LogP contribution in [0.3, 0.4) is 0 Å². The zero-order chi connectivity index (χ0) is 14.5. The molecule has 5 nitrogen and oxygen atoms in total. The molecule has 0 saturated carbocycles. The molecule has 20 heavy (non-hydrogen) atoms. The molecule has 1 unspecified atom stereocenters. The lowest BCUT2D eigenvalue weighted by molar-refractivity contribution is 0.0821. The van der Waals surface area contributed by atoms with Gasteiger partial charge < -0.3 is 9.80 Å². The minimum Gasteiger partial charge on any atom is -0.343 e. The summed E-state index contributed by atoms with van der Waals surface area (Å²) in [6, 6.07) is 1.84. The molecule has 0 spiro atoms. The van der Waals surface area contributed by atoms with Crippen LogP contribution < -0.4 is 0 Å². The van der Waals surface area contributed by atoms with E-state index < -0.39 is 0 Å². The van der Waals surface area contributed by atoms with Crippen molar-refractivity contribution in [2.24, 2.45) is 5.92 Å². The minimum atomic E-state index is -0.0609. The van der Waals surface area contributed by atoms with Gasteiger partial charge in [0.2, 0.25) is 0 Å². The Balaban J connectivity index is 2.02. The number of carbonyl (C=O) groups is 1. The van der Waals surface area contributed by atoms with E-state index in [9.17, 15) is 4.79 Å². The smallest absolute Gasteiger partial charge is 0.272 e. The van der Waals surface area contributed by atoms with Crippen molar-refractivity contribution in [3.05, 3.63) is 23.8 Å². The topological polar surface area (TPSA) is 49.3 Å². The second kappa shape index (κ2) is 6.79. The third-order valence-electron chi connectivity index (χ3n) is 3.92. The van der Waals surface area contributed by atoms with Gasteiger partial charge >= 0.3 is 0 Å². The molecule has 1 aliphatic heterocycles. The first-order valence-electron chi connectivity index (χ1n) is 7.27. The first-order valence-corrected chi connectivity index (χ1v) is 7.27. The third-order valence-corrected chi connectivity index (χ3v) is 3.92. The van der Waals surface area contributed by atoms with Crippen LogP contribution in [-0.4, -0.2) is 59.9 Å². The third kappa shape index (κ3) is 4.00. The van der Waals surface area contributed by atoms with E-state index in [1.54, 1.807) is 19.0 Å². The Hall–Kier alpha value is -1.49. The molecule has 2 heterocycles. The van der Waals surface area contributed by atoms with Crippen molar-refractivity contribution in [1.82, 2.24) is 19.8 Å². The zero-order valence-corrected chi connectivity index (χ0v) is 12.7. The molecule has 1 amide bonds. The van der Waals surface area contributed by atoms with Crippen molar-refractivity contribution in [1.29, 1.82) is 0 Å². The van der Waals surface area contributed by atoms with Gasteiger partial charge in [0.05, 0.1) is 0 Å². The van der Waals surface area contributed by atoms with Crippen molar-refractivity contribution in [2.45, 2.75) is 25.7 Å². The molecule has 2 rings (SSSR count). The number of hydrogen-bond donors (Lipinski definition) is 0. The Bertz CT molecular complexity index is 461. The number of aromatic nitrogens is 2. The Morgan fingerprint density at radius 3 is 2.90 bits per heavy atom. The summed E-state index contributed by atoms with van der Waals surface area (Å²) in [6.45, 7) is 2.34. The largest absolute Gasteiger partial charge is 0.343 e. The zero-order valence-electron chi connectivity index (χ0n) is 12.7. The molecule has 5 heteroatoms. The molecule has 1 aromatic rings. The van der Waals surface area contributed by atoms with Gasteiger partial charge in [0.1, 0.15) is 12.0 Å². The highest BCUT2D eigenvalue weighted by atomic mass is 16.2. The number of amides is 1. The van der Waals surface area contributed by atoms with Crippen molar-refractivity contribution in [2.75, 3.05) is 34.2 Å². The molecule has 1 fully saturated rings. The van der Waals surface area contributed by atoms with Crippen LogP contribution in [0.1, 0.15) is 35.4 Å². The van der Waals surface area contributed by atoms with Crippen LogP contribution in [0, 0.1) is 5.92 Å². The summed E-state index contributed by atoms with van der Waals surface area (Å²) in [6.07, 6.45) is 6.15. The van der Waals surface area contributed by atoms with Crippen molar-refractivity contribution < 1.29 is 4.79 Å². The van der Waals surface area contributed by atoms with E-state index in [2.05, 4.69) is 21.9 Å². The maximum atomic E-state index is 11.9. The minimum absolute atomic E-state index is 0.0609. The normalized spacial score (nSPS) is 20.4. The summed E-state index contributed by atoms with van der Waals surface area (Å²) in [5, 5.41) is 0. The highest BCUT2D eigenvalue weighted by Crippen LogP contribution is 2.20. The second-order valence-electron chi connectivity index (χ2n) is 5.90. The van der Waals surface area contributed by atoms with Gasteiger partial charge in [-0.15, -0.1) is 0 Å². The van der Waals surface area contributed by atoms with E-state index in [0.29, 0.717) is 11.6 Å². The quantitative estimate of drug-likeness (QED) is 0.838. The molecule has 0 N–H and O–H groups in total. The van der Waals surface area contributed by atoms with Crippen LogP contribution in [0.2, 0.25) is 0 Å². The lowest BCUT2D eigenvalue weighted by Crippen LogP contribution is -2.23. The SMILES string of the molecule is CN1CCCC(Cc2cc(C(=O)N(C)C)ncn2)CC1. The lowest BCUT2D eigenvalue weighted by Gasteiger charge is -2.15. The summed E-state index contributed by atoms with van der Waals surface area (Å²) >= 11 is 0. The van der Waals surface area contributed by atoms with E-state index in [-0.39, 0.29) is 5.91 Å². The Kier molecular flexibility index (Phi) is 5.06. The van der Waals surface area contributed by atoms with Crippen LogP contribution in [-0.2, 0) is 6.42 Å². The highest BCUT2D eigenvalue weighted by Gasteiger charge is 2.17. The van der Waals surface area contributed by atoms with Crippen molar-refractivity contribution in [3.8, 4) is 0 Å². The summed E-state index contributed by atoms with van der Waals surface area (Å²) in [5.74, 6) is 0.603. The van der Waals surface area contributed by atoms with Gasteiger partial charge in [-0.3, -0.25) is 4.79 Å². The van der Waals surface area contributed by atoms with E-state index >= 15 is 0 Å². The number of hydrogen-bond acceptors (Lipinski definition) is 4. The number of likely N-dealkylation sites (tertiary alicyclic amines) is 1. The number of rotatable bonds is 3. The van der Waals surface area contributed by atoms with Gasteiger partial charge in [0.25, 0.3) is 5.91 Å². The fourth-order valence-electron chi connectivity index (χ4n) is 2.66. The molecule has 0 bridgehead atoms. The lowest BCUT2D eigenvalue weighted by atomic mass is 9.95. The fraction of sp³-hybridized carbons (Fsp3) is 0.667. The maximum absolute atomic E-state index is 11.9. The first kappa shape index (κ1) is 14.9. The number of nitrogens with zero attached hydrogens (tertiary/aromatic N) is 4. The monoisotopic (exact) mass is 276 g/mol. The molecule has 1 saturated heterocycles. The molecule has 0 radical (unpaired) electrons. The average molecular weight is 276 g/mol. The molecule has 110 valence electrons. The van der Waals surface area contributed by atoms with E-state index in [1.165, 1.54) is 32.1 Å². The van der Waals surface area contributed by atoms with E-state index in [4.69, 9.17) is 0 Å². The van der Waals surface area contributed by atoms with Gasteiger partial charge in [0, 0.05) is 19.8 Å². The van der Waals surface area contributed by atoms with Gasteiger partial charge in [-0.25, -0.2) is 9.97 Å². The van der Waals surface area contributed by atoms with Gasteiger partial charge in [0.15, 0.2) is 0 Å². The summed E-state index contributed by atoms with van der Waals surface area (Å²) in [7, 11) is 5.66. The maximum Gasteiger partial charge on any atom is 0.272 e. The van der Waals surface area contributed by atoms with Gasteiger partial charge in [-0.05, 0) is 57.8 Å². The predicted molar refractivity (Wildman–Crippen MR) is 78.6 cm³/mol. The summed E-state index contributed by atoms with van der Waals surface area (Å²) < 4.78 is 0. The second-order valence-corrected chi connectivity index (χ2v) is 5.90. The molecule has 0 aliphatic carbocycles. The van der Waals surface area contributed by atoms with Crippen LogP contribution in [0.5, 0.6) is 0 Å². The van der Waals surface area contributed by atoms with Crippen molar-refractivity contribution >= 4 is 5.91 Å². The molecule has 1 atom stereocenters. The van der Waals surface area contributed by atoms with Crippen LogP contribution >= 0.6 is 0 Å². The number of carbonyl (C=O) groups excluding carboxylic acids is 1. The average Bonchev–Trinajstić information content (AvgIpc) is 2.63. The molecule has 1 aromatic heterocycles. The molecular weight excluding hydrogens is 252 g/mol. The van der Waals surface area contributed by atoms with Crippen LogP contribution in [0.25, 0.3) is 0 Å². The Morgan fingerprint density at radius 2 is 2.15 bits per heavy atom. The van der Waals surface area contributed by atoms with Gasteiger partial charge in [-0.1, -0.05) is 0 Å². The van der Waals surface area contributed by atoms with Crippen LogP contribution in [0.15, 0.2) is 12.4 Å². The fourth-order valence-corrected chi connectivity index (χ4v) is 2.66. The highest BCUT2D eigenvalue weighted by molar-refractivity contribution is 5.91. The van der Waals surface area contributed by atoms with E-state index in [1.807, 2.05) is 6.07 Å².